The second-order valence-electron chi connectivity index (χ2n) is 1.41. The van der Waals surface area contributed by atoms with Gasteiger partial charge in [0, 0.05) is 0 Å². The highest BCUT2D eigenvalue weighted by molar-refractivity contribution is 14.1. The molecular weight excluding hydrogens is 251 g/mol. The molecule has 0 aromatic carbocycles. The van der Waals surface area contributed by atoms with Crippen molar-refractivity contribution in [2.24, 2.45) is 0 Å². The third-order valence-corrected chi connectivity index (χ3v) is 2.89. The van der Waals surface area contributed by atoms with E-state index >= 15 is 0 Å². The molecule has 0 bridgehead atoms. The van der Waals surface area contributed by atoms with Crippen molar-refractivity contribution in [2.75, 3.05) is 0 Å². The van der Waals surface area contributed by atoms with E-state index in [1.54, 1.807) is 11.4 Å². The standard InChI is InChI=1S/C5H3IO2S/c6-4-3(5(7)8)1-2-9-4/h1-2H,(H,7,8). The van der Waals surface area contributed by atoms with Crippen LogP contribution in [0.1, 0.15) is 10.4 Å². The van der Waals surface area contributed by atoms with Crippen LogP contribution in [0.4, 0.5) is 0 Å². The maximum atomic E-state index is 10.3. The lowest BCUT2D eigenvalue weighted by Crippen LogP contribution is -1.94. The second-order valence-corrected chi connectivity index (χ2v) is 4.14. The summed E-state index contributed by atoms with van der Waals surface area (Å²) in [4.78, 5) is 10.3. The Balaban J connectivity index is 3.08. The predicted molar refractivity (Wildman–Crippen MR) is 44.0 cm³/mol. The van der Waals surface area contributed by atoms with E-state index in [4.69, 9.17) is 5.11 Å². The van der Waals surface area contributed by atoms with Gasteiger partial charge in [0.1, 0.15) is 0 Å². The summed E-state index contributed by atoms with van der Waals surface area (Å²) in [5.74, 6) is -0.847. The van der Waals surface area contributed by atoms with Gasteiger partial charge in [-0.3, -0.25) is 0 Å². The van der Waals surface area contributed by atoms with Crippen LogP contribution in [-0.2, 0) is 0 Å². The van der Waals surface area contributed by atoms with Gasteiger partial charge in [0.05, 0.1) is 8.45 Å². The maximum absolute atomic E-state index is 10.3. The minimum absolute atomic E-state index is 0.403. The molecule has 1 rings (SSSR count). The Morgan fingerprint density at radius 2 is 2.44 bits per heavy atom. The van der Waals surface area contributed by atoms with Crippen LogP contribution in [0.2, 0.25) is 0 Å². The van der Waals surface area contributed by atoms with Gasteiger partial charge in [0.25, 0.3) is 0 Å². The minimum Gasteiger partial charge on any atom is -0.478 e. The van der Waals surface area contributed by atoms with E-state index in [-0.39, 0.29) is 0 Å². The topological polar surface area (TPSA) is 37.3 Å². The van der Waals surface area contributed by atoms with Crippen LogP contribution < -0.4 is 0 Å². The summed E-state index contributed by atoms with van der Waals surface area (Å²) >= 11 is 3.45. The van der Waals surface area contributed by atoms with E-state index < -0.39 is 5.97 Å². The molecule has 0 unspecified atom stereocenters. The van der Waals surface area contributed by atoms with Gasteiger partial charge in [0.2, 0.25) is 0 Å². The smallest absolute Gasteiger partial charge is 0.337 e. The molecule has 4 heteroatoms. The van der Waals surface area contributed by atoms with E-state index in [0.29, 0.717) is 5.56 Å². The Labute approximate surface area is 69.7 Å². The number of aromatic carboxylic acids is 1. The molecule has 9 heavy (non-hydrogen) atoms. The van der Waals surface area contributed by atoms with Crippen molar-refractivity contribution in [3.05, 3.63) is 19.9 Å². The van der Waals surface area contributed by atoms with Crippen LogP contribution in [0, 0.1) is 2.88 Å². The van der Waals surface area contributed by atoms with Gasteiger partial charge in [0.15, 0.2) is 0 Å². The van der Waals surface area contributed by atoms with Crippen LogP contribution in [0.25, 0.3) is 0 Å². The molecule has 0 aliphatic carbocycles. The van der Waals surface area contributed by atoms with Gasteiger partial charge >= 0.3 is 5.97 Å². The maximum Gasteiger partial charge on any atom is 0.337 e. The Morgan fingerprint density at radius 3 is 2.67 bits per heavy atom. The zero-order valence-electron chi connectivity index (χ0n) is 4.30. The van der Waals surface area contributed by atoms with Gasteiger partial charge < -0.3 is 5.11 Å². The minimum atomic E-state index is -0.847. The van der Waals surface area contributed by atoms with Gasteiger partial charge in [-0.2, -0.15) is 0 Å². The summed E-state index contributed by atoms with van der Waals surface area (Å²) in [5.41, 5.74) is 0.403. The van der Waals surface area contributed by atoms with Gasteiger partial charge in [-0.1, -0.05) is 0 Å². The number of carbonyl (C=O) groups is 1. The van der Waals surface area contributed by atoms with Crippen LogP contribution in [-0.4, -0.2) is 11.1 Å². The SMILES string of the molecule is O=C(O)c1ccsc1I. The number of halogens is 1. The predicted octanol–water partition coefficient (Wildman–Crippen LogP) is 2.05. The molecule has 48 valence electrons. The van der Waals surface area contributed by atoms with E-state index in [2.05, 4.69) is 0 Å². The number of hydrogen-bond donors (Lipinski definition) is 1. The van der Waals surface area contributed by atoms with Gasteiger partial charge in [-0.25, -0.2) is 4.79 Å². The molecule has 1 aromatic heterocycles. The largest absolute Gasteiger partial charge is 0.478 e. The highest BCUT2D eigenvalue weighted by Crippen LogP contribution is 2.18. The van der Waals surface area contributed by atoms with E-state index in [1.807, 2.05) is 22.6 Å². The van der Waals surface area contributed by atoms with Crippen LogP contribution >= 0.6 is 33.9 Å². The molecule has 0 saturated carbocycles. The summed E-state index contributed by atoms with van der Waals surface area (Å²) < 4.78 is 0.833. The number of carboxylic acids is 1. The Hall–Kier alpha value is -0.100. The first-order valence-corrected chi connectivity index (χ1v) is 4.14. The summed E-state index contributed by atoms with van der Waals surface area (Å²) in [6.07, 6.45) is 0. The molecule has 0 fully saturated rings. The molecule has 1 N–H and O–H groups in total. The van der Waals surface area contributed by atoms with Crippen molar-refractivity contribution < 1.29 is 9.90 Å². The van der Waals surface area contributed by atoms with Crippen molar-refractivity contribution in [3.63, 3.8) is 0 Å². The summed E-state index contributed by atoms with van der Waals surface area (Å²) in [6, 6.07) is 1.61. The molecule has 0 radical (unpaired) electrons. The average molecular weight is 254 g/mol. The summed E-state index contributed by atoms with van der Waals surface area (Å²) in [5, 5.41) is 10.2. The molecule has 0 aliphatic heterocycles. The number of thiophene rings is 1. The molecule has 2 nitrogen and oxygen atoms in total. The second kappa shape index (κ2) is 2.66. The third kappa shape index (κ3) is 1.42. The van der Waals surface area contributed by atoms with Crippen molar-refractivity contribution in [1.29, 1.82) is 0 Å². The van der Waals surface area contributed by atoms with Gasteiger partial charge in [-0.05, 0) is 34.0 Å². The zero-order valence-corrected chi connectivity index (χ0v) is 7.27. The first-order chi connectivity index (χ1) is 4.22. The van der Waals surface area contributed by atoms with E-state index in [9.17, 15) is 4.79 Å². The third-order valence-electron chi connectivity index (χ3n) is 0.848. The Kier molecular flexibility index (Phi) is 2.07. The number of hydrogen-bond acceptors (Lipinski definition) is 2. The molecule has 1 aromatic rings. The lowest BCUT2D eigenvalue weighted by Gasteiger charge is -1.84. The lowest BCUT2D eigenvalue weighted by atomic mass is 10.4. The Morgan fingerprint density at radius 1 is 1.78 bits per heavy atom. The molecular formula is C5H3IO2S. The zero-order chi connectivity index (χ0) is 6.85. The normalized spacial score (nSPS) is 9.44. The van der Waals surface area contributed by atoms with Crippen molar-refractivity contribution >= 4 is 39.9 Å². The van der Waals surface area contributed by atoms with Crippen LogP contribution in [0.15, 0.2) is 11.4 Å². The molecule has 1 heterocycles. The fraction of sp³-hybridized carbons (Fsp3) is 0. The van der Waals surface area contributed by atoms with Crippen molar-refractivity contribution in [3.8, 4) is 0 Å². The highest BCUT2D eigenvalue weighted by Gasteiger charge is 2.06. The summed E-state index contributed by atoms with van der Waals surface area (Å²) in [7, 11) is 0. The first-order valence-electron chi connectivity index (χ1n) is 2.18. The van der Waals surface area contributed by atoms with Crippen LogP contribution in [0.5, 0.6) is 0 Å². The first kappa shape index (κ1) is 7.01. The molecule has 0 amide bonds. The van der Waals surface area contributed by atoms with Crippen molar-refractivity contribution in [2.45, 2.75) is 0 Å². The molecule has 0 saturated heterocycles. The lowest BCUT2D eigenvalue weighted by molar-refractivity contribution is 0.0696. The molecule has 0 atom stereocenters. The average Bonchev–Trinajstić information content (AvgIpc) is 2.13. The van der Waals surface area contributed by atoms with E-state index in [0.717, 1.165) is 2.88 Å². The quantitative estimate of drug-likeness (QED) is 0.779. The van der Waals surface area contributed by atoms with Crippen LogP contribution in [0.3, 0.4) is 0 Å². The molecule has 0 aliphatic rings. The fourth-order valence-electron chi connectivity index (χ4n) is 0.446. The van der Waals surface area contributed by atoms with Crippen molar-refractivity contribution in [1.82, 2.24) is 0 Å². The monoisotopic (exact) mass is 254 g/mol. The van der Waals surface area contributed by atoms with E-state index in [1.165, 1.54) is 11.3 Å². The Bertz CT molecular complexity index is 231. The van der Waals surface area contributed by atoms with Gasteiger partial charge in [-0.15, -0.1) is 11.3 Å². The summed E-state index contributed by atoms with van der Waals surface area (Å²) in [6.45, 7) is 0. The fourth-order valence-corrected chi connectivity index (χ4v) is 1.90. The number of carboxylic acid groups (broad SMARTS) is 1. The molecule has 0 spiro atoms. The highest BCUT2D eigenvalue weighted by atomic mass is 127. The number of rotatable bonds is 1.